The highest BCUT2D eigenvalue weighted by Gasteiger charge is 2.22. The van der Waals surface area contributed by atoms with Crippen LogP contribution in [0, 0.1) is 5.82 Å². The minimum absolute atomic E-state index is 0.305. The summed E-state index contributed by atoms with van der Waals surface area (Å²) in [6, 6.07) is 3.44. The Balaban J connectivity index is 2.02. The predicted molar refractivity (Wildman–Crippen MR) is 82.6 cm³/mol. The molecule has 1 aromatic rings. The highest BCUT2D eigenvalue weighted by Crippen LogP contribution is 2.36. The Morgan fingerprint density at radius 3 is 2.68 bits per heavy atom. The van der Waals surface area contributed by atoms with Gasteiger partial charge in [-0.15, -0.1) is 0 Å². The minimum atomic E-state index is -0.305. The number of hydrogen-bond donors (Lipinski definition) is 1. The van der Waals surface area contributed by atoms with E-state index in [-0.39, 0.29) is 5.82 Å². The number of piperidine rings is 1. The third kappa shape index (κ3) is 3.83. The third-order valence-corrected chi connectivity index (χ3v) is 4.37. The first-order valence-corrected chi connectivity index (χ1v) is 7.91. The summed E-state index contributed by atoms with van der Waals surface area (Å²) >= 11 is 9.57. The molecule has 2 rings (SSSR count). The SMILES string of the molecule is CCCNC1CCN(c2c(Cl)cc(F)cc2Br)CC1. The monoisotopic (exact) mass is 348 g/mol. The number of rotatable bonds is 4. The van der Waals surface area contributed by atoms with Crippen LogP contribution in [0.25, 0.3) is 0 Å². The molecule has 5 heteroatoms. The molecule has 0 unspecified atom stereocenters. The maximum Gasteiger partial charge on any atom is 0.125 e. The molecular formula is C14H19BrClFN2. The number of nitrogens with zero attached hydrogens (tertiary/aromatic N) is 1. The van der Waals surface area contributed by atoms with Gasteiger partial charge in [0.2, 0.25) is 0 Å². The van der Waals surface area contributed by atoms with Crippen molar-refractivity contribution in [2.75, 3.05) is 24.5 Å². The average Bonchev–Trinajstić information content (AvgIpc) is 2.36. The molecular weight excluding hydrogens is 331 g/mol. The van der Waals surface area contributed by atoms with Gasteiger partial charge in [-0.25, -0.2) is 4.39 Å². The summed E-state index contributed by atoms with van der Waals surface area (Å²) in [6.45, 7) is 5.15. The van der Waals surface area contributed by atoms with Gasteiger partial charge in [0.05, 0.1) is 10.7 Å². The van der Waals surface area contributed by atoms with E-state index in [1.165, 1.54) is 12.1 Å². The molecule has 0 atom stereocenters. The summed E-state index contributed by atoms with van der Waals surface area (Å²) < 4.78 is 14.0. The summed E-state index contributed by atoms with van der Waals surface area (Å²) in [4.78, 5) is 2.23. The van der Waals surface area contributed by atoms with Crippen LogP contribution in [0.3, 0.4) is 0 Å². The van der Waals surface area contributed by atoms with E-state index in [1.807, 2.05) is 0 Å². The van der Waals surface area contributed by atoms with E-state index in [0.29, 0.717) is 11.1 Å². The molecule has 0 saturated carbocycles. The van der Waals surface area contributed by atoms with E-state index in [1.54, 1.807) is 0 Å². The van der Waals surface area contributed by atoms with Gasteiger partial charge in [0.15, 0.2) is 0 Å². The molecule has 1 aliphatic rings. The van der Waals surface area contributed by atoms with Crippen LogP contribution in [0.4, 0.5) is 10.1 Å². The molecule has 0 radical (unpaired) electrons. The fourth-order valence-electron chi connectivity index (χ4n) is 2.49. The van der Waals surface area contributed by atoms with Crippen molar-refractivity contribution in [1.29, 1.82) is 0 Å². The van der Waals surface area contributed by atoms with Crippen LogP contribution in [0.1, 0.15) is 26.2 Å². The van der Waals surface area contributed by atoms with Crippen molar-refractivity contribution in [2.45, 2.75) is 32.2 Å². The quantitative estimate of drug-likeness (QED) is 0.876. The summed E-state index contributed by atoms with van der Waals surface area (Å²) in [5.41, 5.74) is 0.914. The average molecular weight is 350 g/mol. The number of halogens is 3. The highest BCUT2D eigenvalue weighted by molar-refractivity contribution is 9.10. The van der Waals surface area contributed by atoms with Crippen molar-refractivity contribution in [1.82, 2.24) is 5.32 Å². The number of hydrogen-bond acceptors (Lipinski definition) is 2. The maximum atomic E-state index is 13.2. The van der Waals surface area contributed by atoms with Crippen molar-refractivity contribution in [3.8, 4) is 0 Å². The predicted octanol–water partition coefficient (Wildman–Crippen LogP) is 4.21. The molecule has 1 N–H and O–H groups in total. The third-order valence-electron chi connectivity index (χ3n) is 3.48. The summed E-state index contributed by atoms with van der Waals surface area (Å²) in [7, 11) is 0. The van der Waals surface area contributed by atoms with E-state index in [0.717, 1.165) is 49.1 Å². The lowest BCUT2D eigenvalue weighted by Gasteiger charge is -2.35. The zero-order valence-corrected chi connectivity index (χ0v) is 13.4. The van der Waals surface area contributed by atoms with Crippen LogP contribution < -0.4 is 10.2 Å². The van der Waals surface area contributed by atoms with Gasteiger partial charge >= 0.3 is 0 Å². The van der Waals surface area contributed by atoms with Crippen LogP contribution in [0.15, 0.2) is 16.6 Å². The Kier molecular flexibility index (Phi) is 5.48. The molecule has 1 heterocycles. The van der Waals surface area contributed by atoms with Gasteiger partial charge in [0.1, 0.15) is 5.82 Å². The van der Waals surface area contributed by atoms with Crippen molar-refractivity contribution < 1.29 is 4.39 Å². The first-order chi connectivity index (χ1) is 9.11. The van der Waals surface area contributed by atoms with E-state index in [9.17, 15) is 4.39 Å². The Morgan fingerprint density at radius 1 is 1.42 bits per heavy atom. The van der Waals surface area contributed by atoms with Gasteiger partial charge in [-0.1, -0.05) is 18.5 Å². The number of benzene rings is 1. The van der Waals surface area contributed by atoms with Crippen LogP contribution in [0.5, 0.6) is 0 Å². The number of anilines is 1. The molecule has 1 aliphatic heterocycles. The van der Waals surface area contributed by atoms with Gasteiger partial charge in [-0.3, -0.25) is 0 Å². The molecule has 0 amide bonds. The lowest BCUT2D eigenvalue weighted by molar-refractivity contribution is 0.415. The van der Waals surface area contributed by atoms with Crippen molar-refractivity contribution in [2.24, 2.45) is 0 Å². The maximum absolute atomic E-state index is 13.2. The smallest absolute Gasteiger partial charge is 0.125 e. The Hall–Kier alpha value is -0.320. The lowest BCUT2D eigenvalue weighted by Crippen LogP contribution is -2.43. The van der Waals surface area contributed by atoms with Crippen LogP contribution in [-0.4, -0.2) is 25.7 Å². The second kappa shape index (κ2) is 6.91. The largest absolute Gasteiger partial charge is 0.369 e. The molecule has 1 saturated heterocycles. The molecule has 2 nitrogen and oxygen atoms in total. The molecule has 0 aliphatic carbocycles. The molecule has 1 fully saturated rings. The Labute approximate surface area is 127 Å². The van der Waals surface area contributed by atoms with E-state index in [4.69, 9.17) is 11.6 Å². The molecule has 0 bridgehead atoms. The van der Waals surface area contributed by atoms with Crippen molar-refractivity contribution >= 4 is 33.2 Å². The first-order valence-electron chi connectivity index (χ1n) is 6.74. The van der Waals surface area contributed by atoms with Crippen LogP contribution in [0.2, 0.25) is 5.02 Å². The molecule has 0 aromatic heterocycles. The molecule has 0 spiro atoms. The normalized spacial score (nSPS) is 16.9. The molecule has 1 aromatic carbocycles. The van der Waals surface area contributed by atoms with E-state index < -0.39 is 0 Å². The fraction of sp³-hybridized carbons (Fsp3) is 0.571. The van der Waals surface area contributed by atoms with E-state index in [2.05, 4.69) is 33.1 Å². The van der Waals surface area contributed by atoms with Crippen LogP contribution in [-0.2, 0) is 0 Å². The van der Waals surface area contributed by atoms with Crippen molar-refractivity contribution in [3.63, 3.8) is 0 Å². The fourth-order valence-corrected chi connectivity index (χ4v) is 3.62. The lowest BCUT2D eigenvalue weighted by atomic mass is 10.0. The Bertz CT molecular complexity index is 410. The molecule has 106 valence electrons. The first kappa shape index (κ1) is 15.1. The second-order valence-corrected chi connectivity index (χ2v) is 6.20. The van der Waals surface area contributed by atoms with Crippen molar-refractivity contribution in [3.05, 3.63) is 27.4 Å². The topological polar surface area (TPSA) is 15.3 Å². The number of nitrogens with one attached hydrogen (secondary N) is 1. The molecule has 19 heavy (non-hydrogen) atoms. The van der Waals surface area contributed by atoms with Gasteiger partial charge in [-0.05, 0) is 53.9 Å². The highest BCUT2D eigenvalue weighted by atomic mass is 79.9. The summed E-state index contributed by atoms with van der Waals surface area (Å²) in [5.74, 6) is -0.305. The van der Waals surface area contributed by atoms with Gasteiger partial charge in [-0.2, -0.15) is 0 Å². The van der Waals surface area contributed by atoms with Crippen LogP contribution >= 0.6 is 27.5 Å². The van der Waals surface area contributed by atoms with Gasteiger partial charge < -0.3 is 10.2 Å². The summed E-state index contributed by atoms with van der Waals surface area (Å²) in [5, 5.41) is 4.03. The Morgan fingerprint density at radius 2 is 2.11 bits per heavy atom. The second-order valence-electron chi connectivity index (χ2n) is 4.93. The summed E-state index contributed by atoms with van der Waals surface area (Å²) in [6.07, 6.45) is 3.36. The van der Waals surface area contributed by atoms with Gasteiger partial charge in [0, 0.05) is 23.6 Å². The minimum Gasteiger partial charge on any atom is -0.369 e. The zero-order valence-electron chi connectivity index (χ0n) is 11.1. The standard InChI is InChI=1S/C14H19BrClFN2/c1-2-5-18-11-3-6-19(7-4-11)14-12(15)8-10(17)9-13(14)16/h8-9,11,18H,2-7H2,1H3. The van der Waals surface area contributed by atoms with E-state index >= 15 is 0 Å². The van der Waals surface area contributed by atoms with Gasteiger partial charge in [0.25, 0.3) is 0 Å². The zero-order chi connectivity index (χ0) is 13.8.